The average Bonchev–Trinajstić information content (AvgIpc) is 2.58. The van der Waals surface area contributed by atoms with Crippen LogP contribution in [0.4, 0.5) is 4.39 Å². The van der Waals surface area contributed by atoms with E-state index in [1.54, 1.807) is 6.08 Å². The molecule has 1 aliphatic carbocycles. The van der Waals surface area contributed by atoms with Gasteiger partial charge in [0.15, 0.2) is 0 Å². The zero-order valence-corrected chi connectivity index (χ0v) is 7.40. The fourth-order valence-corrected chi connectivity index (χ4v) is 2.15. The van der Waals surface area contributed by atoms with Crippen molar-refractivity contribution >= 4 is 11.8 Å². The number of hydrogen-bond donors (Lipinski definition) is 0. The maximum atomic E-state index is 12.6. The van der Waals surface area contributed by atoms with Gasteiger partial charge in [-0.25, -0.2) is 4.39 Å². The molecule has 0 unspecified atom stereocenters. The van der Waals surface area contributed by atoms with E-state index in [9.17, 15) is 4.39 Å². The fourth-order valence-electron chi connectivity index (χ4n) is 1.25. The highest BCUT2D eigenvalue weighted by Gasteiger charge is 2.08. The summed E-state index contributed by atoms with van der Waals surface area (Å²) in [6.07, 6.45) is 9.99. The molecular weight excluding hydrogens is 171 g/mol. The first-order valence-electron chi connectivity index (χ1n) is 3.92. The summed E-state index contributed by atoms with van der Waals surface area (Å²) >= 11 is 1.82. The van der Waals surface area contributed by atoms with Crippen LogP contribution in [0.2, 0.25) is 0 Å². The van der Waals surface area contributed by atoms with E-state index in [4.69, 9.17) is 0 Å². The van der Waals surface area contributed by atoms with Crippen molar-refractivity contribution in [1.82, 2.24) is 0 Å². The lowest BCUT2D eigenvalue weighted by Crippen LogP contribution is -1.86. The van der Waals surface area contributed by atoms with E-state index >= 15 is 0 Å². The van der Waals surface area contributed by atoms with Crippen molar-refractivity contribution < 1.29 is 4.39 Å². The monoisotopic (exact) mass is 180 g/mol. The van der Waals surface area contributed by atoms with Crippen molar-refractivity contribution in [3.8, 4) is 0 Å². The van der Waals surface area contributed by atoms with Gasteiger partial charge in [-0.05, 0) is 24.1 Å². The second-order valence-corrected chi connectivity index (χ2v) is 3.79. The van der Waals surface area contributed by atoms with Gasteiger partial charge in [-0.3, -0.25) is 0 Å². The molecule has 0 atom stereocenters. The third-order valence-corrected chi connectivity index (χ3v) is 2.95. The van der Waals surface area contributed by atoms with Crippen molar-refractivity contribution in [3.05, 3.63) is 46.7 Å². The van der Waals surface area contributed by atoms with Gasteiger partial charge in [-0.2, -0.15) is 0 Å². The van der Waals surface area contributed by atoms with Gasteiger partial charge < -0.3 is 0 Å². The second-order valence-electron chi connectivity index (χ2n) is 2.73. The number of rotatable bonds is 0. The zero-order valence-electron chi connectivity index (χ0n) is 6.59. The van der Waals surface area contributed by atoms with Crippen LogP contribution in [0.15, 0.2) is 46.7 Å². The standard InChI is InChI=1S/C10H9FS/c11-9-5-3-8(4-6-9)10-2-1-7-12-10/h1-3,5-6H,4,7H2/b10-8-. The van der Waals surface area contributed by atoms with Crippen LogP contribution in [0.1, 0.15) is 6.42 Å². The summed E-state index contributed by atoms with van der Waals surface area (Å²) in [6, 6.07) is 0. The summed E-state index contributed by atoms with van der Waals surface area (Å²) in [7, 11) is 0. The van der Waals surface area contributed by atoms with Gasteiger partial charge in [0.25, 0.3) is 0 Å². The van der Waals surface area contributed by atoms with Crippen LogP contribution >= 0.6 is 11.8 Å². The summed E-state index contributed by atoms with van der Waals surface area (Å²) in [4.78, 5) is 1.29. The van der Waals surface area contributed by atoms with Crippen molar-refractivity contribution in [2.45, 2.75) is 6.42 Å². The normalized spacial score (nSPS) is 27.9. The Morgan fingerprint density at radius 3 is 2.75 bits per heavy atom. The number of allylic oxidation sites excluding steroid dienone is 6. The largest absolute Gasteiger partial charge is 0.207 e. The SMILES string of the molecule is FC1=CC/C(=C2/C=CCS2)C=C1. The molecule has 2 heteroatoms. The molecule has 0 aromatic heterocycles. The summed E-state index contributed by atoms with van der Waals surface area (Å²) in [6.45, 7) is 0. The lowest BCUT2D eigenvalue weighted by Gasteiger charge is -2.05. The van der Waals surface area contributed by atoms with Gasteiger partial charge >= 0.3 is 0 Å². The van der Waals surface area contributed by atoms with Crippen LogP contribution in [0, 0.1) is 0 Å². The van der Waals surface area contributed by atoms with E-state index in [-0.39, 0.29) is 5.83 Å². The zero-order chi connectivity index (χ0) is 8.39. The third kappa shape index (κ3) is 1.53. The number of hydrogen-bond acceptors (Lipinski definition) is 1. The van der Waals surface area contributed by atoms with E-state index in [1.807, 2.05) is 17.8 Å². The van der Waals surface area contributed by atoms with E-state index in [0.29, 0.717) is 0 Å². The predicted octanol–water partition coefficient (Wildman–Crippen LogP) is 3.36. The smallest absolute Gasteiger partial charge is 0.119 e. The molecule has 1 heterocycles. The van der Waals surface area contributed by atoms with Crippen LogP contribution in [0.5, 0.6) is 0 Å². The highest BCUT2D eigenvalue weighted by Crippen LogP contribution is 2.31. The first kappa shape index (κ1) is 7.87. The molecule has 12 heavy (non-hydrogen) atoms. The first-order valence-corrected chi connectivity index (χ1v) is 4.91. The molecule has 0 nitrogen and oxygen atoms in total. The average molecular weight is 180 g/mol. The Labute approximate surface area is 75.5 Å². The van der Waals surface area contributed by atoms with E-state index in [1.165, 1.54) is 16.6 Å². The molecule has 1 aliphatic heterocycles. The van der Waals surface area contributed by atoms with Crippen molar-refractivity contribution in [2.24, 2.45) is 0 Å². The Morgan fingerprint density at radius 1 is 1.25 bits per heavy atom. The fraction of sp³-hybridized carbons (Fsp3) is 0.200. The minimum atomic E-state index is -0.119. The molecule has 0 saturated carbocycles. The minimum Gasteiger partial charge on any atom is -0.207 e. The number of thioether (sulfide) groups is 1. The lowest BCUT2D eigenvalue weighted by molar-refractivity contribution is 0.659. The van der Waals surface area contributed by atoms with Crippen LogP contribution in [0.3, 0.4) is 0 Å². The Balaban J connectivity index is 2.23. The topological polar surface area (TPSA) is 0 Å². The van der Waals surface area contributed by atoms with Gasteiger partial charge in [0.05, 0.1) is 0 Å². The molecule has 0 N–H and O–H groups in total. The number of halogens is 1. The highest BCUT2D eigenvalue weighted by molar-refractivity contribution is 8.03. The van der Waals surface area contributed by atoms with Crippen molar-refractivity contribution in [1.29, 1.82) is 0 Å². The van der Waals surface area contributed by atoms with E-state index in [2.05, 4.69) is 12.2 Å². The summed E-state index contributed by atoms with van der Waals surface area (Å²) in [5.74, 6) is 0.935. The molecule has 0 radical (unpaired) electrons. The summed E-state index contributed by atoms with van der Waals surface area (Å²) < 4.78 is 12.6. The Hall–Kier alpha value is -0.760. The van der Waals surface area contributed by atoms with Crippen molar-refractivity contribution in [3.63, 3.8) is 0 Å². The maximum Gasteiger partial charge on any atom is 0.119 e. The maximum absolute atomic E-state index is 12.6. The lowest BCUT2D eigenvalue weighted by atomic mass is 10.1. The second kappa shape index (κ2) is 3.31. The third-order valence-electron chi connectivity index (χ3n) is 1.88. The molecule has 62 valence electrons. The van der Waals surface area contributed by atoms with Gasteiger partial charge in [-0.15, -0.1) is 11.8 Å². The first-order chi connectivity index (χ1) is 5.86. The molecule has 0 aromatic carbocycles. The molecule has 2 rings (SSSR count). The van der Waals surface area contributed by atoms with Crippen LogP contribution < -0.4 is 0 Å². The predicted molar refractivity (Wildman–Crippen MR) is 51.6 cm³/mol. The molecule has 0 aromatic rings. The van der Waals surface area contributed by atoms with Gasteiger partial charge in [0, 0.05) is 10.7 Å². The highest BCUT2D eigenvalue weighted by atomic mass is 32.2. The Morgan fingerprint density at radius 2 is 2.17 bits per heavy atom. The molecule has 0 fully saturated rings. The van der Waals surface area contributed by atoms with Gasteiger partial charge in [-0.1, -0.05) is 18.2 Å². The van der Waals surface area contributed by atoms with Crippen molar-refractivity contribution in [2.75, 3.05) is 5.75 Å². The quantitative estimate of drug-likeness (QED) is 0.551. The summed E-state index contributed by atoms with van der Waals surface area (Å²) in [5.41, 5.74) is 1.23. The van der Waals surface area contributed by atoms with Gasteiger partial charge in [0.2, 0.25) is 0 Å². The summed E-state index contributed by atoms with van der Waals surface area (Å²) in [5, 5.41) is 0. The van der Waals surface area contributed by atoms with Gasteiger partial charge in [0.1, 0.15) is 5.83 Å². The minimum absolute atomic E-state index is 0.119. The Bertz CT molecular complexity index is 308. The Kier molecular flexibility index (Phi) is 2.17. The molecule has 2 aliphatic rings. The van der Waals surface area contributed by atoms with E-state index in [0.717, 1.165) is 12.2 Å². The molecule has 0 saturated heterocycles. The van der Waals surface area contributed by atoms with E-state index < -0.39 is 0 Å². The molecule has 0 spiro atoms. The molecular formula is C10H9FS. The molecule has 0 bridgehead atoms. The van der Waals surface area contributed by atoms with Crippen LogP contribution in [-0.4, -0.2) is 5.75 Å². The van der Waals surface area contributed by atoms with Crippen LogP contribution in [-0.2, 0) is 0 Å². The van der Waals surface area contributed by atoms with Crippen LogP contribution in [0.25, 0.3) is 0 Å². The molecule has 0 amide bonds.